The van der Waals surface area contributed by atoms with E-state index in [9.17, 15) is 0 Å². The van der Waals surface area contributed by atoms with Gasteiger partial charge in [-0.25, -0.2) is 0 Å². The largest absolute Gasteiger partial charge is 0.359 e. The van der Waals surface area contributed by atoms with Crippen LogP contribution >= 0.6 is 11.8 Å². The molecule has 5 nitrogen and oxygen atoms in total. The molecule has 2 heterocycles. The maximum Gasteiger partial charge on any atom is 0.194 e. The van der Waals surface area contributed by atoms with Gasteiger partial charge in [0.25, 0.3) is 0 Å². The minimum absolute atomic E-state index is 0.455. The number of thioether (sulfide) groups is 1. The van der Waals surface area contributed by atoms with Crippen molar-refractivity contribution in [1.82, 2.24) is 15.4 Å². The Morgan fingerprint density at radius 3 is 2.95 bits per heavy atom. The number of aliphatic imine (C=N–C) groups is 1. The van der Waals surface area contributed by atoms with Crippen LogP contribution < -0.4 is 5.32 Å². The molecule has 2 aliphatic rings. The van der Waals surface area contributed by atoms with Crippen molar-refractivity contribution in [3.8, 4) is 0 Å². The van der Waals surface area contributed by atoms with Crippen molar-refractivity contribution in [2.24, 2.45) is 4.99 Å². The molecule has 1 aliphatic carbocycles. The highest BCUT2D eigenvalue weighted by atomic mass is 32.2. The molecular weight excluding hydrogens is 296 g/mol. The maximum atomic E-state index is 5.27. The van der Waals surface area contributed by atoms with Crippen LogP contribution in [-0.2, 0) is 6.54 Å². The second kappa shape index (κ2) is 6.94. The van der Waals surface area contributed by atoms with Gasteiger partial charge in [0.15, 0.2) is 11.7 Å². The average Bonchev–Trinajstić information content (AvgIpc) is 2.94. The smallest absolute Gasteiger partial charge is 0.194 e. The molecule has 0 atom stereocenters. The molecule has 0 bridgehead atoms. The Morgan fingerprint density at radius 2 is 2.27 bits per heavy atom. The molecule has 0 aromatic carbocycles. The van der Waals surface area contributed by atoms with Crippen LogP contribution in [0, 0.1) is 6.92 Å². The number of rotatable bonds is 2. The molecule has 1 aromatic rings. The molecule has 0 unspecified atom stereocenters. The standard InChI is InChI=1S/C16H26N4OS/c1-13-10-14(21-19-13)11-18-15(17-2)20-8-9-22-16(12-20)6-4-3-5-7-16/h10H,3-9,11-12H2,1-2H3,(H,17,18). The molecule has 1 saturated carbocycles. The number of nitrogens with one attached hydrogen (secondary N) is 1. The zero-order valence-corrected chi connectivity index (χ0v) is 14.4. The summed E-state index contributed by atoms with van der Waals surface area (Å²) in [6.45, 7) is 4.77. The van der Waals surface area contributed by atoms with Gasteiger partial charge >= 0.3 is 0 Å². The molecule has 2 fully saturated rings. The van der Waals surface area contributed by atoms with Gasteiger partial charge in [-0.05, 0) is 19.8 Å². The molecule has 3 rings (SSSR count). The number of nitrogens with zero attached hydrogens (tertiary/aromatic N) is 3. The summed E-state index contributed by atoms with van der Waals surface area (Å²) in [5.74, 6) is 3.04. The minimum Gasteiger partial charge on any atom is -0.359 e. The first-order valence-electron chi connectivity index (χ1n) is 8.23. The first kappa shape index (κ1) is 15.7. The van der Waals surface area contributed by atoms with Gasteiger partial charge in [0.05, 0.1) is 12.2 Å². The number of aromatic nitrogens is 1. The Labute approximate surface area is 136 Å². The van der Waals surface area contributed by atoms with Gasteiger partial charge < -0.3 is 14.7 Å². The molecule has 0 radical (unpaired) electrons. The van der Waals surface area contributed by atoms with E-state index in [-0.39, 0.29) is 0 Å². The van der Waals surface area contributed by atoms with Crippen LogP contribution in [-0.4, -0.2) is 46.7 Å². The first-order chi connectivity index (χ1) is 10.7. The van der Waals surface area contributed by atoms with E-state index in [4.69, 9.17) is 4.52 Å². The Morgan fingerprint density at radius 1 is 1.45 bits per heavy atom. The van der Waals surface area contributed by atoms with E-state index in [1.807, 2.05) is 20.0 Å². The van der Waals surface area contributed by atoms with Crippen molar-refractivity contribution < 1.29 is 4.52 Å². The molecule has 6 heteroatoms. The third kappa shape index (κ3) is 3.59. The number of aryl methyl sites for hydroxylation is 1. The van der Waals surface area contributed by atoms with Gasteiger partial charge in [-0.15, -0.1) is 0 Å². The fourth-order valence-electron chi connectivity index (χ4n) is 3.52. The van der Waals surface area contributed by atoms with E-state index in [1.54, 1.807) is 0 Å². The van der Waals surface area contributed by atoms with Gasteiger partial charge in [0, 0.05) is 36.7 Å². The predicted molar refractivity (Wildman–Crippen MR) is 91.3 cm³/mol. The molecule has 122 valence electrons. The summed E-state index contributed by atoms with van der Waals surface area (Å²) in [5.41, 5.74) is 0.919. The van der Waals surface area contributed by atoms with Crippen molar-refractivity contribution >= 4 is 17.7 Å². The highest BCUT2D eigenvalue weighted by Crippen LogP contribution is 2.42. The molecule has 1 aromatic heterocycles. The van der Waals surface area contributed by atoms with Gasteiger partial charge in [-0.1, -0.05) is 24.4 Å². The first-order valence-corrected chi connectivity index (χ1v) is 9.21. The fourth-order valence-corrected chi connectivity index (χ4v) is 5.09. The van der Waals surface area contributed by atoms with Gasteiger partial charge in [0.2, 0.25) is 0 Å². The second-order valence-corrected chi connectivity index (χ2v) is 7.91. The third-order valence-corrected chi connectivity index (χ3v) is 6.16. The summed E-state index contributed by atoms with van der Waals surface area (Å²) in [7, 11) is 1.86. The van der Waals surface area contributed by atoms with E-state index >= 15 is 0 Å². The van der Waals surface area contributed by atoms with Crippen molar-refractivity contribution in [3.05, 3.63) is 17.5 Å². The van der Waals surface area contributed by atoms with Crippen molar-refractivity contribution in [1.29, 1.82) is 0 Å². The lowest BCUT2D eigenvalue weighted by Gasteiger charge is -2.45. The summed E-state index contributed by atoms with van der Waals surface area (Å²) < 4.78 is 5.72. The molecular formula is C16H26N4OS. The van der Waals surface area contributed by atoms with Crippen molar-refractivity contribution in [2.75, 3.05) is 25.9 Å². The molecule has 1 aliphatic heterocycles. The van der Waals surface area contributed by atoms with Crippen LogP contribution in [0.3, 0.4) is 0 Å². The van der Waals surface area contributed by atoms with Crippen molar-refractivity contribution in [2.45, 2.75) is 50.3 Å². The SMILES string of the molecule is CN=C(NCc1cc(C)no1)N1CCSC2(CCCCC2)C1. The van der Waals surface area contributed by atoms with Crippen LogP contribution in [0.2, 0.25) is 0 Å². The number of hydrogen-bond acceptors (Lipinski definition) is 4. The summed E-state index contributed by atoms with van der Waals surface area (Å²) in [6.07, 6.45) is 6.87. The monoisotopic (exact) mass is 322 g/mol. The fraction of sp³-hybridized carbons (Fsp3) is 0.750. The molecule has 22 heavy (non-hydrogen) atoms. The molecule has 0 amide bonds. The van der Waals surface area contributed by atoms with E-state index in [0.717, 1.165) is 30.5 Å². The topological polar surface area (TPSA) is 53.7 Å². The van der Waals surface area contributed by atoms with E-state index in [1.165, 1.54) is 37.9 Å². The van der Waals surface area contributed by atoms with E-state index in [0.29, 0.717) is 11.3 Å². The number of guanidine groups is 1. The lowest BCUT2D eigenvalue weighted by atomic mass is 9.87. The summed E-state index contributed by atoms with van der Waals surface area (Å²) in [4.78, 5) is 6.89. The van der Waals surface area contributed by atoms with Gasteiger partial charge in [-0.2, -0.15) is 11.8 Å². The predicted octanol–water partition coefficient (Wildman–Crippen LogP) is 2.81. The van der Waals surface area contributed by atoms with E-state index < -0.39 is 0 Å². The maximum absolute atomic E-state index is 5.27. The Kier molecular flexibility index (Phi) is 4.96. The molecule has 1 saturated heterocycles. The van der Waals surface area contributed by atoms with Crippen LogP contribution in [0.25, 0.3) is 0 Å². The number of hydrogen-bond donors (Lipinski definition) is 1. The second-order valence-electron chi connectivity index (χ2n) is 6.35. The third-order valence-electron chi connectivity index (χ3n) is 4.62. The highest BCUT2D eigenvalue weighted by molar-refractivity contribution is 8.00. The zero-order chi connectivity index (χ0) is 15.4. The van der Waals surface area contributed by atoms with Crippen LogP contribution in [0.4, 0.5) is 0 Å². The van der Waals surface area contributed by atoms with Crippen molar-refractivity contribution in [3.63, 3.8) is 0 Å². The summed E-state index contributed by atoms with van der Waals surface area (Å²) in [6, 6.07) is 1.97. The highest BCUT2D eigenvalue weighted by Gasteiger charge is 2.38. The lowest BCUT2D eigenvalue weighted by molar-refractivity contribution is 0.291. The average molecular weight is 322 g/mol. The molecule has 1 spiro atoms. The Bertz CT molecular complexity index is 516. The summed E-state index contributed by atoms with van der Waals surface area (Å²) in [5, 5.41) is 7.35. The zero-order valence-electron chi connectivity index (χ0n) is 13.6. The Hall–Kier alpha value is -1.17. The minimum atomic E-state index is 0.455. The van der Waals surface area contributed by atoms with Crippen LogP contribution in [0.5, 0.6) is 0 Å². The van der Waals surface area contributed by atoms with Gasteiger partial charge in [-0.3, -0.25) is 4.99 Å². The van der Waals surface area contributed by atoms with E-state index in [2.05, 4.69) is 32.1 Å². The normalized spacial score (nSPS) is 22.1. The lowest BCUT2D eigenvalue weighted by Crippen LogP contribution is -2.53. The van der Waals surface area contributed by atoms with Crippen LogP contribution in [0.15, 0.2) is 15.6 Å². The Balaban J connectivity index is 1.60. The molecule has 1 N–H and O–H groups in total. The van der Waals surface area contributed by atoms with Gasteiger partial charge in [0.1, 0.15) is 0 Å². The quantitative estimate of drug-likeness (QED) is 0.670. The summed E-state index contributed by atoms with van der Waals surface area (Å²) >= 11 is 2.18. The van der Waals surface area contributed by atoms with Crippen LogP contribution in [0.1, 0.15) is 43.6 Å².